The molecule has 478 valence electrons. The number of hydrogen-bond acceptors (Lipinski definition) is 20. The smallest absolute Gasteiger partial charge is 0.330 e. The van der Waals surface area contributed by atoms with Crippen LogP contribution in [0, 0.1) is 5.92 Å². The number of halogens is 2. The van der Waals surface area contributed by atoms with Gasteiger partial charge in [0, 0.05) is 34.7 Å². The van der Waals surface area contributed by atoms with Crippen LogP contribution in [-0.4, -0.2) is 138 Å². The molecular formula is C60H65Cl2N9O19. The fourth-order valence-corrected chi connectivity index (χ4v) is 11.6. The predicted octanol–water partition coefficient (Wildman–Crippen LogP) is 2.63. The molecule has 0 unspecified atom stereocenters. The average molecular weight is 1290 g/mol. The number of benzene rings is 5. The monoisotopic (exact) mass is 1290 g/mol. The maximum absolute atomic E-state index is 15.7. The highest BCUT2D eigenvalue weighted by molar-refractivity contribution is 6.32. The van der Waals surface area contributed by atoms with Crippen LogP contribution in [0.2, 0.25) is 10.0 Å². The molecule has 90 heavy (non-hydrogen) atoms. The number of primary amides is 1. The zero-order valence-corrected chi connectivity index (χ0v) is 50.1. The first kappa shape index (κ1) is 65.4. The summed E-state index contributed by atoms with van der Waals surface area (Å²) in [4.78, 5) is 116. The highest BCUT2D eigenvalue weighted by Crippen LogP contribution is 2.48. The molecule has 7 amide bonds. The number of phenolic OH excluding ortho intramolecular Hbond substituents is 4. The van der Waals surface area contributed by atoms with Gasteiger partial charge in [-0.05, 0) is 110 Å². The summed E-state index contributed by atoms with van der Waals surface area (Å²) in [5, 5.41) is 97.0. The second kappa shape index (κ2) is 26.2. The maximum Gasteiger partial charge on any atom is 0.330 e. The molecule has 13 atom stereocenters. The molecule has 11 bridgehead atoms. The quantitative estimate of drug-likeness (QED) is 0.0955. The molecule has 0 radical (unpaired) electrons. The number of nitrogens with two attached hydrogens (primary N) is 2. The number of carboxylic acids is 1. The molecule has 6 heterocycles. The van der Waals surface area contributed by atoms with Crippen molar-refractivity contribution in [3.05, 3.63) is 117 Å². The number of phenols is 4. The van der Waals surface area contributed by atoms with Crippen LogP contribution in [0.1, 0.15) is 105 Å². The Labute approximate surface area is 522 Å². The number of carboxylic acid groups (broad SMARTS) is 1. The Morgan fingerprint density at radius 2 is 1.33 bits per heavy atom. The Balaban J connectivity index is 1.29. The van der Waals surface area contributed by atoms with E-state index in [4.69, 9.17) is 53.6 Å². The second-order valence-corrected chi connectivity index (χ2v) is 23.7. The fourth-order valence-electron chi connectivity index (χ4n) is 11.1. The highest BCUT2D eigenvalue weighted by atomic mass is 35.5. The van der Waals surface area contributed by atoms with Crippen LogP contribution in [0.25, 0.3) is 11.1 Å². The van der Waals surface area contributed by atoms with Crippen molar-refractivity contribution >= 4 is 70.5 Å². The summed E-state index contributed by atoms with van der Waals surface area (Å²) < 4.78 is 25.1. The van der Waals surface area contributed by atoms with Crippen LogP contribution in [0.4, 0.5) is 0 Å². The minimum absolute atomic E-state index is 0.0478. The third kappa shape index (κ3) is 13.7. The van der Waals surface area contributed by atoms with Crippen LogP contribution in [0.5, 0.6) is 46.0 Å². The lowest BCUT2D eigenvalue weighted by molar-refractivity contribution is -0.255. The molecule has 11 rings (SSSR count). The average Bonchev–Trinajstić information content (AvgIpc) is 0.826. The number of carbonyl (C=O) groups is 8. The lowest BCUT2D eigenvalue weighted by Gasteiger charge is -2.44. The van der Waals surface area contributed by atoms with Gasteiger partial charge in [0.1, 0.15) is 71.2 Å². The van der Waals surface area contributed by atoms with Gasteiger partial charge in [-0.25, -0.2) is 4.79 Å². The van der Waals surface area contributed by atoms with Crippen LogP contribution < -0.4 is 58.2 Å². The summed E-state index contributed by atoms with van der Waals surface area (Å²) in [7, 11) is 1.50. The number of likely N-dealkylation sites (N-methyl/N-ethyl adjacent to an activating group) is 1. The Hall–Kier alpha value is -9.00. The van der Waals surface area contributed by atoms with Gasteiger partial charge < -0.3 is 103 Å². The van der Waals surface area contributed by atoms with Gasteiger partial charge in [-0.15, -0.1) is 0 Å². The van der Waals surface area contributed by atoms with Gasteiger partial charge in [0.15, 0.2) is 23.8 Å². The lowest BCUT2D eigenvalue weighted by Crippen LogP contribution is -2.61. The highest BCUT2D eigenvalue weighted by Gasteiger charge is 2.47. The number of nitrogens with one attached hydrogen (secondary N) is 7. The van der Waals surface area contributed by atoms with Gasteiger partial charge in [-0.1, -0.05) is 55.2 Å². The van der Waals surface area contributed by atoms with Gasteiger partial charge in [-0.2, -0.15) is 0 Å². The molecule has 6 aliphatic heterocycles. The van der Waals surface area contributed by atoms with Crippen LogP contribution in [0.3, 0.4) is 0 Å². The van der Waals surface area contributed by atoms with E-state index < -0.39 is 183 Å². The van der Waals surface area contributed by atoms with E-state index in [2.05, 4.69) is 37.2 Å². The number of aliphatic hydroxyl groups is 2. The van der Waals surface area contributed by atoms with Gasteiger partial charge in [-0.3, -0.25) is 33.6 Å². The van der Waals surface area contributed by atoms with E-state index in [1.54, 1.807) is 0 Å². The molecule has 1 fully saturated rings. The first-order chi connectivity index (χ1) is 42.4. The SMILES string of the molecule is CN[C@H](CC(C)C)C(=O)N[C@H]1C(=O)N[C@@H](CC(N)=O)C(=O)N[C@H]2C(=O)N[C@H]3C(=O)N[C@H](C(=O)N[C@H](C(=O)O)c4cc(O)cc(O)c4-c4cc3ccc4O)[C@H](O[C@H]3C[C@](C)(N)[C@@H](O)[C@H](C)O3)c3ccc(c(Cl)c3)Oc3cc2cc(c3O)Oc2ccc(cc2Cl)[C@H]1O. The van der Waals surface area contributed by atoms with E-state index in [9.17, 15) is 54.9 Å². The van der Waals surface area contributed by atoms with E-state index in [0.29, 0.717) is 0 Å². The molecule has 0 saturated carbocycles. The standard InChI is InChI=1S/C60H65Cl2N9O19/c1-22(2)12-33(65-5)53(79)70-47-49(76)25-7-10-37(31(61)14-25)88-39-16-27-17-40(50(39)77)89-38-11-8-26(15-32(38)62)51(90-42-21-60(4,64)52(78)23(3)87-42)48-58(84)69-46(59(85)86)30-18-28(72)19-36(74)43(30)29-13-24(6-9-35(29)73)44(55(81)71-48)68-56(82)45(27)67-54(80)34(20-41(63)75)66-57(47)83/h6-11,13-19,22-23,33-34,42,44-49,51-52,65,72-74,76-78H,12,20-21,64H2,1-5H3,(H2,63,75)(H,66,83)(H,67,80)(H,68,82)(H,69,84)(H,70,79)(H,71,81)(H,85,86)/t23-,33+,34-,42-,44+,45+,46-,47+,48-,49+,51+,52-,60-/m0/s1. The number of aromatic hydroxyl groups is 4. The molecular weight excluding hydrogens is 1220 g/mol. The summed E-state index contributed by atoms with van der Waals surface area (Å²) >= 11 is 13.9. The van der Waals surface area contributed by atoms with Crippen molar-refractivity contribution in [2.24, 2.45) is 17.4 Å². The Morgan fingerprint density at radius 1 is 0.733 bits per heavy atom. The number of fused-ring (bicyclic) bond motifs is 15. The van der Waals surface area contributed by atoms with E-state index in [-0.39, 0.29) is 62.6 Å². The minimum atomic E-state index is -2.22. The molecule has 28 nitrogen and oxygen atoms in total. The Bertz CT molecular complexity index is 3720. The van der Waals surface area contributed by atoms with Gasteiger partial charge in [0.05, 0.1) is 34.7 Å². The molecule has 0 aliphatic carbocycles. The molecule has 5 aromatic carbocycles. The van der Waals surface area contributed by atoms with Crippen molar-refractivity contribution in [1.29, 1.82) is 0 Å². The molecule has 18 N–H and O–H groups in total. The predicted molar refractivity (Wildman–Crippen MR) is 317 cm³/mol. The molecule has 0 aromatic heterocycles. The summed E-state index contributed by atoms with van der Waals surface area (Å²) in [5.74, 6) is -15.1. The largest absolute Gasteiger partial charge is 0.508 e. The van der Waals surface area contributed by atoms with Crippen molar-refractivity contribution in [2.45, 2.75) is 125 Å². The molecule has 30 heteroatoms. The maximum atomic E-state index is 15.7. The number of aliphatic hydroxyl groups excluding tert-OH is 2. The van der Waals surface area contributed by atoms with Crippen molar-refractivity contribution in [3.8, 4) is 57.1 Å². The first-order valence-corrected chi connectivity index (χ1v) is 28.9. The van der Waals surface area contributed by atoms with Crippen molar-refractivity contribution in [1.82, 2.24) is 37.2 Å². The minimum Gasteiger partial charge on any atom is -0.508 e. The topological polar surface area (TPSA) is 451 Å². The van der Waals surface area contributed by atoms with E-state index in [1.807, 2.05) is 13.8 Å². The molecule has 1 saturated heterocycles. The summed E-state index contributed by atoms with van der Waals surface area (Å²) in [6, 6.07) is 0.804. The number of aliphatic carboxylic acids is 1. The van der Waals surface area contributed by atoms with E-state index in [1.165, 1.54) is 57.3 Å². The number of ether oxygens (including phenoxy) is 4. The van der Waals surface area contributed by atoms with Crippen molar-refractivity contribution in [2.75, 3.05) is 7.05 Å². The zero-order chi connectivity index (χ0) is 65.5. The van der Waals surface area contributed by atoms with Crippen LogP contribution in [-0.2, 0) is 47.8 Å². The lowest BCUT2D eigenvalue weighted by atomic mass is 9.86. The molecule has 0 spiro atoms. The van der Waals surface area contributed by atoms with E-state index >= 15 is 19.2 Å². The summed E-state index contributed by atoms with van der Waals surface area (Å²) in [6.07, 6.45) is -8.53. The zero-order valence-electron chi connectivity index (χ0n) is 48.6. The number of rotatable bonds is 10. The normalized spacial score (nSPS) is 26.4. The van der Waals surface area contributed by atoms with Gasteiger partial charge in [0.2, 0.25) is 47.1 Å². The first-order valence-electron chi connectivity index (χ1n) is 28.1. The third-order valence-corrected chi connectivity index (χ3v) is 16.3. The number of amides is 7. The van der Waals surface area contributed by atoms with Crippen molar-refractivity contribution in [3.63, 3.8) is 0 Å². The second-order valence-electron chi connectivity index (χ2n) is 22.9. The fraction of sp³-hybridized carbons (Fsp3) is 0.367. The van der Waals surface area contributed by atoms with Gasteiger partial charge >= 0.3 is 5.97 Å². The third-order valence-electron chi connectivity index (χ3n) is 15.7. The summed E-state index contributed by atoms with van der Waals surface area (Å²) in [5.41, 5.74) is 8.57. The number of hydrogen-bond donors (Lipinski definition) is 16. The molecule has 5 aromatic rings. The molecule has 6 aliphatic rings. The van der Waals surface area contributed by atoms with E-state index in [0.717, 1.165) is 42.5 Å². The Morgan fingerprint density at radius 3 is 1.93 bits per heavy atom. The summed E-state index contributed by atoms with van der Waals surface area (Å²) in [6.45, 7) is 6.67. The Kier molecular flexibility index (Phi) is 19.1. The van der Waals surface area contributed by atoms with Crippen LogP contribution in [0.15, 0.2) is 78.9 Å². The van der Waals surface area contributed by atoms with Crippen LogP contribution >= 0.6 is 23.2 Å². The van der Waals surface area contributed by atoms with Gasteiger partial charge in [0.25, 0.3) is 0 Å². The number of carbonyl (C=O) groups excluding carboxylic acids is 7. The van der Waals surface area contributed by atoms with Crippen molar-refractivity contribution < 1.29 is 93.0 Å².